The standard InChI is InChI=1S/C7H3BrFN/c1-10-6-4-2-3-5(9)7(6)8/h2-4H. The van der Waals surface area contributed by atoms with Crippen LogP contribution in [0.25, 0.3) is 4.85 Å². The van der Waals surface area contributed by atoms with Gasteiger partial charge in [-0.25, -0.2) is 9.24 Å². The second kappa shape index (κ2) is 2.80. The molecule has 0 aromatic heterocycles. The highest BCUT2D eigenvalue weighted by Gasteiger charge is 2.02. The van der Waals surface area contributed by atoms with Crippen molar-refractivity contribution in [3.63, 3.8) is 0 Å². The zero-order chi connectivity index (χ0) is 7.56. The van der Waals surface area contributed by atoms with Crippen LogP contribution in [0.1, 0.15) is 0 Å². The molecule has 0 N–H and O–H groups in total. The predicted octanol–water partition coefficient (Wildman–Crippen LogP) is 3.14. The Bertz CT molecular complexity index is 290. The lowest BCUT2D eigenvalue weighted by Crippen LogP contribution is -1.73. The fraction of sp³-hybridized carbons (Fsp3) is 0. The van der Waals surface area contributed by atoms with Gasteiger partial charge < -0.3 is 0 Å². The van der Waals surface area contributed by atoms with Gasteiger partial charge in [0.2, 0.25) is 5.69 Å². The van der Waals surface area contributed by atoms with Gasteiger partial charge >= 0.3 is 0 Å². The summed E-state index contributed by atoms with van der Waals surface area (Å²) in [7, 11) is 0. The van der Waals surface area contributed by atoms with Crippen molar-refractivity contribution in [2.75, 3.05) is 0 Å². The lowest BCUT2D eigenvalue weighted by atomic mass is 10.3. The van der Waals surface area contributed by atoms with Crippen molar-refractivity contribution < 1.29 is 4.39 Å². The second-order valence-electron chi connectivity index (χ2n) is 1.68. The van der Waals surface area contributed by atoms with E-state index in [1.807, 2.05) is 0 Å². The summed E-state index contributed by atoms with van der Waals surface area (Å²) in [5.74, 6) is -0.395. The van der Waals surface area contributed by atoms with Gasteiger partial charge in [0.05, 0.1) is 11.0 Å². The summed E-state index contributed by atoms with van der Waals surface area (Å²) in [4.78, 5) is 3.09. The van der Waals surface area contributed by atoms with Gasteiger partial charge in [-0.3, -0.25) is 0 Å². The Labute approximate surface area is 66.4 Å². The van der Waals surface area contributed by atoms with Gasteiger partial charge in [0.25, 0.3) is 0 Å². The summed E-state index contributed by atoms with van der Waals surface area (Å²) in [5.41, 5.74) is 0.306. The van der Waals surface area contributed by atoms with Crippen LogP contribution in [0, 0.1) is 12.4 Å². The van der Waals surface area contributed by atoms with Crippen LogP contribution in [0.2, 0.25) is 0 Å². The van der Waals surface area contributed by atoms with E-state index < -0.39 is 5.82 Å². The summed E-state index contributed by atoms with van der Waals surface area (Å²) >= 11 is 2.95. The molecule has 1 nitrogen and oxygen atoms in total. The van der Waals surface area contributed by atoms with Gasteiger partial charge in [0.1, 0.15) is 5.82 Å². The van der Waals surface area contributed by atoms with Crippen molar-refractivity contribution in [1.82, 2.24) is 0 Å². The van der Waals surface area contributed by atoms with Gasteiger partial charge in [-0.15, -0.1) is 0 Å². The minimum absolute atomic E-state index is 0.241. The molecule has 0 saturated heterocycles. The highest BCUT2D eigenvalue weighted by molar-refractivity contribution is 9.10. The third-order valence-electron chi connectivity index (χ3n) is 1.05. The van der Waals surface area contributed by atoms with E-state index in [0.29, 0.717) is 5.69 Å². The Hall–Kier alpha value is -0.880. The Morgan fingerprint density at radius 3 is 2.70 bits per heavy atom. The number of hydrogen-bond acceptors (Lipinski definition) is 0. The van der Waals surface area contributed by atoms with E-state index in [-0.39, 0.29) is 4.47 Å². The highest BCUT2D eigenvalue weighted by Crippen LogP contribution is 2.27. The molecule has 0 fully saturated rings. The number of benzene rings is 1. The van der Waals surface area contributed by atoms with Gasteiger partial charge in [-0.1, -0.05) is 28.1 Å². The van der Waals surface area contributed by atoms with Crippen LogP contribution in [-0.4, -0.2) is 0 Å². The molecular weight excluding hydrogens is 197 g/mol. The van der Waals surface area contributed by atoms with E-state index in [9.17, 15) is 4.39 Å². The number of nitrogens with zero attached hydrogens (tertiary/aromatic N) is 1. The largest absolute Gasteiger partial charge is 0.237 e. The van der Waals surface area contributed by atoms with Gasteiger partial charge in [-0.05, 0) is 6.07 Å². The maximum absolute atomic E-state index is 12.6. The average Bonchev–Trinajstić information content (AvgIpc) is 1.95. The van der Waals surface area contributed by atoms with E-state index in [4.69, 9.17) is 6.57 Å². The number of hydrogen-bond donors (Lipinski definition) is 0. The maximum atomic E-state index is 12.6. The van der Waals surface area contributed by atoms with E-state index in [0.717, 1.165) is 0 Å². The quantitative estimate of drug-likeness (QED) is 0.566. The first-order valence-electron chi connectivity index (χ1n) is 2.57. The molecule has 0 unspecified atom stereocenters. The van der Waals surface area contributed by atoms with Gasteiger partial charge in [-0.2, -0.15) is 0 Å². The maximum Gasteiger partial charge on any atom is 0.204 e. The van der Waals surface area contributed by atoms with E-state index in [2.05, 4.69) is 20.8 Å². The Kier molecular flexibility index (Phi) is 2.03. The molecule has 0 aliphatic rings. The fourth-order valence-electron chi connectivity index (χ4n) is 0.579. The molecule has 10 heavy (non-hydrogen) atoms. The van der Waals surface area contributed by atoms with Crippen molar-refractivity contribution in [3.05, 3.63) is 39.9 Å². The van der Waals surface area contributed by atoms with Crippen molar-refractivity contribution in [1.29, 1.82) is 0 Å². The van der Waals surface area contributed by atoms with Crippen LogP contribution in [-0.2, 0) is 0 Å². The molecule has 1 rings (SSSR count). The first-order chi connectivity index (χ1) is 4.75. The molecule has 0 bridgehead atoms. The summed E-state index contributed by atoms with van der Waals surface area (Å²) < 4.78 is 12.8. The monoisotopic (exact) mass is 199 g/mol. The predicted molar refractivity (Wildman–Crippen MR) is 40.4 cm³/mol. The zero-order valence-electron chi connectivity index (χ0n) is 4.94. The third kappa shape index (κ3) is 1.17. The minimum Gasteiger partial charge on any atom is -0.237 e. The van der Waals surface area contributed by atoms with Crippen molar-refractivity contribution in [3.8, 4) is 0 Å². The third-order valence-corrected chi connectivity index (χ3v) is 1.84. The summed E-state index contributed by atoms with van der Waals surface area (Å²) in [5, 5.41) is 0. The topological polar surface area (TPSA) is 4.36 Å². The Morgan fingerprint density at radius 1 is 1.50 bits per heavy atom. The molecule has 0 radical (unpaired) electrons. The molecule has 3 heteroatoms. The van der Waals surface area contributed by atoms with Crippen molar-refractivity contribution >= 4 is 21.6 Å². The first-order valence-corrected chi connectivity index (χ1v) is 3.36. The number of rotatable bonds is 0. The smallest absolute Gasteiger partial charge is 0.204 e. The first kappa shape index (κ1) is 7.23. The van der Waals surface area contributed by atoms with Crippen LogP contribution in [0.15, 0.2) is 22.7 Å². The van der Waals surface area contributed by atoms with Crippen molar-refractivity contribution in [2.45, 2.75) is 0 Å². The van der Waals surface area contributed by atoms with E-state index in [1.54, 1.807) is 6.07 Å². The Morgan fingerprint density at radius 2 is 2.20 bits per heavy atom. The van der Waals surface area contributed by atoms with Crippen LogP contribution in [0.3, 0.4) is 0 Å². The number of halogens is 2. The minimum atomic E-state index is -0.395. The molecule has 0 aliphatic heterocycles. The highest BCUT2D eigenvalue weighted by atomic mass is 79.9. The Balaban J connectivity index is 3.31. The molecule has 1 aromatic rings. The molecule has 0 spiro atoms. The van der Waals surface area contributed by atoms with E-state index in [1.165, 1.54) is 12.1 Å². The molecule has 50 valence electrons. The summed E-state index contributed by atoms with van der Waals surface area (Å²) in [6.45, 7) is 6.61. The summed E-state index contributed by atoms with van der Waals surface area (Å²) in [6.07, 6.45) is 0. The van der Waals surface area contributed by atoms with Crippen molar-refractivity contribution in [2.24, 2.45) is 0 Å². The molecule has 0 saturated carbocycles. The van der Waals surface area contributed by atoms with Crippen LogP contribution >= 0.6 is 15.9 Å². The molecule has 0 amide bonds. The lowest BCUT2D eigenvalue weighted by Gasteiger charge is -1.93. The van der Waals surface area contributed by atoms with Crippen LogP contribution < -0.4 is 0 Å². The molecular formula is C7H3BrFN. The summed E-state index contributed by atoms with van der Waals surface area (Å²) in [6, 6.07) is 4.37. The molecule has 1 aromatic carbocycles. The fourth-order valence-corrected chi connectivity index (χ4v) is 0.932. The van der Waals surface area contributed by atoms with Crippen LogP contribution in [0.5, 0.6) is 0 Å². The van der Waals surface area contributed by atoms with Gasteiger partial charge in [0.15, 0.2) is 0 Å². The molecule has 0 atom stereocenters. The van der Waals surface area contributed by atoms with Crippen LogP contribution in [0.4, 0.5) is 10.1 Å². The lowest BCUT2D eigenvalue weighted by molar-refractivity contribution is 0.622. The molecule has 0 aliphatic carbocycles. The molecule has 0 heterocycles. The zero-order valence-corrected chi connectivity index (χ0v) is 6.52. The van der Waals surface area contributed by atoms with Gasteiger partial charge in [0, 0.05) is 0 Å². The normalized spacial score (nSPS) is 8.90. The SMILES string of the molecule is [C-]#[N+]c1cccc(F)c1Br. The second-order valence-corrected chi connectivity index (χ2v) is 2.48. The average molecular weight is 200 g/mol. The van der Waals surface area contributed by atoms with E-state index >= 15 is 0 Å².